The van der Waals surface area contributed by atoms with Crippen molar-refractivity contribution in [3.63, 3.8) is 0 Å². The summed E-state index contributed by atoms with van der Waals surface area (Å²) in [6.45, 7) is 1.97. The van der Waals surface area contributed by atoms with Crippen molar-refractivity contribution in [2.45, 2.75) is 13.0 Å². The minimum atomic E-state index is -0.525. The molecule has 0 saturated carbocycles. The third-order valence-electron chi connectivity index (χ3n) is 2.05. The second kappa shape index (κ2) is 5.80. The Morgan fingerprint density at radius 3 is 2.62 bits per heavy atom. The average Bonchev–Trinajstić information content (AvgIpc) is 2.15. The summed E-state index contributed by atoms with van der Waals surface area (Å²) in [5, 5.41) is 9.22. The summed E-state index contributed by atoms with van der Waals surface area (Å²) in [5.41, 5.74) is 0.589. The van der Waals surface area contributed by atoms with Crippen LogP contribution in [-0.2, 0) is 0 Å². The van der Waals surface area contributed by atoms with Gasteiger partial charge < -0.3 is 10.0 Å². The third-order valence-corrected chi connectivity index (χ3v) is 3.20. The molecule has 5 heteroatoms. The number of amides is 1. The fourth-order valence-electron chi connectivity index (χ4n) is 1.35. The molecule has 0 heterocycles. The molecule has 1 atom stereocenters. The Labute approximate surface area is 112 Å². The van der Waals surface area contributed by atoms with Gasteiger partial charge in [0.05, 0.1) is 11.7 Å². The van der Waals surface area contributed by atoms with Gasteiger partial charge in [0, 0.05) is 22.5 Å². The minimum Gasteiger partial charge on any atom is -0.392 e. The van der Waals surface area contributed by atoms with E-state index in [2.05, 4.69) is 31.9 Å². The SMILES string of the molecule is CC(O)CN(C)C(=O)c1ccc(Br)cc1Br. The number of hydrogen-bond donors (Lipinski definition) is 1. The van der Waals surface area contributed by atoms with Crippen molar-refractivity contribution in [1.29, 1.82) is 0 Å². The van der Waals surface area contributed by atoms with Gasteiger partial charge in [0.25, 0.3) is 5.91 Å². The predicted octanol–water partition coefficient (Wildman–Crippen LogP) is 2.66. The summed E-state index contributed by atoms with van der Waals surface area (Å²) in [5.74, 6) is -0.111. The normalized spacial score (nSPS) is 12.3. The standard InChI is InChI=1S/C11H13Br2NO2/c1-7(15)6-14(2)11(16)9-4-3-8(12)5-10(9)13/h3-5,7,15H,6H2,1-2H3. The molecule has 0 aliphatic rings. The molecule has 16 heavy (non-hydrogen) atoms. The lowest BCUT2D eigenvalue weighted by Gasteiger charge is -2.19. The molecule has 1 aromatic carbocycles. The summed E-state index contributed by atoms with van der Waals surface area (Å²) in [6, 6.07) is 5.38. The Hall–Kier alpha value is -0.390. The summed E-state index contributed by atoms with van der Waals surface area (Å²) in [7, 11) is 1.67. The van der Waals surface area contributed by atoms with E-state index in [1.807, 2.05) is 12.1 Å². The highest BCUT2D eigenvalue weighted by Crippen LogP contribution is 2.22. The van der Waals surface area contributed by atoms with Crippen LogP contribution < -0.4 is 0 Å². The maximum Gasteiger partial charge on any atom is 0.254 e. The van der Waals surface area contributed by atoms with Crippen LogP contribution in [0.25, 0.3) is 0 Å². The summed E-state index contributed by atoms with van der Waals surface area (Å²) >= 11 is 6.67. The van der Waals surface area contributed by atoms with Gasteiger partial charge in [-0.3, -0.25) is 4.79 Å². The van der Waals surface area contributed by atoms with E-state index in [0.29, 0.717) is 12.1 Å². The Bertz CT molecular complexity index is 394. The lowest BCUT2D eigenvalue weighted by atomic mass is 10.2. The number of aliphatic hydroxyl groups is 1. The van der Waals surface area contributed by atoms with Gasteiger partial charge in [0.2, 0.25) is 0 Å². The van der Waals surface area contributed by atoms with E-state index >= 15 is 0 Å². The van der Waals surface area contributed by atoms with E-state index in [-0.39, 0.29) is 5.91 Å². The number of likely N-dealkylation sites (N-methyl/N-ethyl adjacent to an activating group) is 1. The topological polar surface area (TPSA) is 40.5 Å². The Balaban J connectivity index is 2.88. The zero-order chi connectivity index (χ0) is 12.3. The Kier molecular flexibility index (Phi) is 4.95. The number of carbonyl (C=O) groups is 1. The van der Waals surface area contributed by atoms with Crippen LogP contribution in [0.15, 0.2) is 27.1 Å². The Morgan fingerprint density at radius 1 is 1.50 bits per heavy atom. The largest absolute Gasteiger partial charge is 0.392 e. The molecule has 3 nitrogen and oxygen atoms in total. The second-order valence-electron chi connectivity index (χ2n) is 3.66. The Morgan fingerprint density at radius 2 is 2.12 bits per heavy atom. The molecule has 1 unspecified atom stereocenters. The van der Waals surface area contributed by atoms with Gasteiger partial charge in [0.1, 0.15) is 0 Å². The van der Waals surface area contributed by atoms with Gasteiger partial charge in [-0.2, -0.15) is 0 Å². The van der Waals surface area contributed by atoms with Crippen LogP contribution in [0.2, 0.25) is 0 Å². The molecule has 0 saturated heterocycles. The van der Waals surface area contributed by atoms with Crippen molar-refractivity contribution in [2.24, 2.45) is 0 Å². The monoisotopic (exact) mass is 349 g/mol. The highest BCUT2D eigenvalue weighted by Gasteiger charge is 2.15. The molecule has 0 aliphatic carbocycles. The van der Waals surface area contributed by atoms with Crippen LogP contribution in [0.3, 0.4) is 0 Å². The number of rotatable bonds is 3. The fraction of sp³-hybridized carbons (Fsp3) is 0.364. The summed E-state index contributed by atoms with van der Waals surface area (Å²) in [6.07, 6.45) is -0.525. The van der Waals surface area contributed by atoms with Crippen LogP contribution in [0.5, 0.6) is 0 Å². The van der Waals surface area contributed by atoms with E-state index in [1.165, 1.54) is 4.90 Å². The van der Waals surface area contributed by atoms with Crippen molar-refractivity contribution >= 4 is 37.8 Å². The van der Waals surface area contributed by atoms with Gasteiger partial charge in [0.15, 0.2) is 0 Å². The number of hydrogen-bond acceptors (Lipinski definition) is 2. The molecule has 1 aromatic rings. The predicted molar refractivity (Wildman–Crippen MR) is 70.5 cm³/mol. The van der Waals surface area contributed by atoms with Crippen molar-refractivity contribution in [3.8, 4) is 0 Å². The van der Waals surface area contributed by atoms with Crippen LogP contribution in [-0.4, -0.2) is 35.6 Å². The molecule has 1 N–H and O–H groups in total. The molecule has 88 valence electrons. The zero-order valence-corrected chi connectivity index (χ0v) is 12.2. The quantitative estimate of drug-likeness (QED) is 0.910. The van der Waals surface area contributed by atoms with Crippen molar-refractivity contribution in [2.75, 3.05) is 13.6 Å². The first-order valence-corrected chi connectivity index (χ1v) is 6.39. The highest BCUT2D eigenvalue weighted by atomic mass is 79.9. The van der Waals surface area contributed by atoms with E-state index in [4.69, 9.17) is 0 Å². The molecular weight excluding hydrogens is 338 g/mol. The van der Waals surface area contributed by atoms with E-state index in [9.17, 15) is 9.90 Å². The molecule has 0 bridgehead atoms. The lowest BCUT2D eigenvalue weighted by Crippen LogP contribution is -2.33. The number of benzene rings is 1. The highest BCUT2D eigenvalue weighted by molar-refractivity contribution is 9.11. The first-order valence-electron chi connectivity index (χ1n) is 4.80. The molecule has 1 amide bonds. The summed E-state index contributed by atoms with van der Waals surface area (Å²) in [4.78, 5) is 13.5. The third kappa shape index (κ3) is 3.57. The summed E-state index contributed by atoms with van der Waals surface area (Å²) < 4.78 is 1.65. The van der Waals surface area contributed by atoms with Crippen LogP contribution >= 0.6 is 31.9 Å². The first kappa shape index (κ1) is 13.7. The first-order chi connectivity index (χ1) is 7.41. The van der Waals surface area contributed by atoms with Gasteiger partial charge in [-0.15, -0.1) is 0 Å². The molecular formula is C11H13Br2NO2. The fourth-order valence-corrected chi connectivity index (χ4v) is 2.56. The van der Waals surface area contributed by atoms with Crippen LogP contribution in [0.1, 0.15) is 17.3 Å². The number of nitrogens with zero attached hydrogens (tertiary/aromatic N) is 1. The number of aliphatic hydroxyl groups excluding tert-OH is 1. The zero-order valence-electron chi connectivity index (χ0n) is 9.08. The van der Waals surface area contributed by atoms with Gasteiger partial charge in [-0.05, 0) is 41.1 Å². The maximum absolute atomic E-state index is 12.0. The second-order valence-corrected chi connectivity index (χ2v) is 5.43. The van der Waals surface area contributed by atoms with E-state index < -0.39 is 6.10 Å². The van der Waals surface area contributed by atoms with Crippen molar-refractivity contribution in [3.05, 3.63) is 32.7 Å². The van der Waals surface area contributed by atoms with Gasteiger partial charge >= 0.3 is 0 Å². The average molecular weight is 351 g/mol. The maximum atomic E-state index is 12.0. The molecule has 0 aliphatic heterocycles. The van der Waals surface area contributed by atoms with Crippen molar-refractivity contribution < 1.29 is 9.90 Å². The number of halogens is 2. The van der Waals surface area contributed by atoms with Gasteiger partial charge in [-0.25, -0.2) is 0 Å². The van der Waals surface area contributed by atoms with Gasteiger partial charge in [-0.1, -0.05) is 15.9 Å². The van der Waals surface area contributed by atoms with Crippen LogP contribution in [0, 0.1) is 0 Å². The minimum absolute atomic E-state index is 0.111. The van der Waals surface area contributed by atoms with E-state index in [0.717, 1.165) is 8.95 Å². The molecule has 1 rings (SSSR count). The lowest BCUT2D eigenvalue weighted by molar-refractivity contribution is 0.0703. The molecule has 0 aromatic heterocycles. The van der Waals surface area contributed by atoms with E-state index in [1.54, 1.807) is 20.0 Å². The molecule has 0 spiro atoms. The molecule has 0 fully saturated rings. The molecule has 0 radical (unpaired) electrons. The smallest absolute Gasteiger partial charge is 0.254 e. The van der Waals surface area contributed by atoms with Crippen molar-refractivity contribution in [1.82, 2.24) is 4.90 Å². The van der Waals surface area contributed by atoms with Crippen LogP contribution in [0.4, 0.5) is 0 Å². The number of carbonyl (C=O) groups excluding carboxylic acids is 1.